The van der Waals surface area contributed by atoms with Gasteiger partial charge in [0.25, 0.3) is 5.91 Å². The van der Waals surface area contributed by atoms with Crippen molar-refractivity contribution in [2.24, 2.45) is 0 Å². The molecule has 2 heterocycles. The second-order valence-electron chi connectivity index (χ2n) is 5.45. The van der Waals surface area contributed by atoms with Gasteiger partial charge >= 0.3 is 0 Å². The quantitative estimate of drug-likeness (QED) is 0.770. The predicted molar refractivity (Wildman–Crippen MR) is 91.0 cm³/mol. The molecule has 1 aliphatic rings. The molecule has 0 radical (unpaired) electrons. The van der Waals surface area contributed by atoms with Gasteiger partial charge in [-0.3, -0.25) is 4.79 Å². The molecule has 3 aromatic rings. The minimum absolute atomic E-state index is 0.213. The second kappa shape index (κ2) is 5.72. The minimum Gasteiger partial charge on any atom is -0.312 e. The Morgan fingerprint density at radius 3 is 2.91 bits per heavy atom. The number of hydrogen-bond donors (Lipinski definition) is 1. The molecule has 2 aromatic heterocycles. The maximum Gasteiger partial charge on any atom is 0.256 e. The molecule has 1 amide bonds. The lowest BCUT2D eigenvalue weighted by molar-refractivity contribution is 0.102. The summed E-state index contributed by atoms with van der Waals surface area (Å²) < 4.78 is 8.29. The molecule has 0 fully saturated rings. The maximum atomic E-state index is 12.5. The third kappa shape index (κ3) is 2.50. The topological polar surface area (TPSA) is 78.7 Å². The van der Waals surface area contributed by atoms with E-state index in [1.54, 1.807) is 18.2 Å². The zero-order valence-corrected chi connectivity index (χ0v) is 13.8. The Morgan fingerprint density at radius 1 is 1.22 bits per heavy atom. The largest absolute Gasteiger partial charge is 0.312 e. The molecule has 0 atom stereocenters. The van der Waals surface area contributed by atoms with Gasteiger partial charge in [0, 0.05) is 10.4 Å². The number of nitrogens with zero attached hydrogens (tertiary/aromatic N) is 3. The monoisotopic (exact) mass is 340 g/mol. The Morgan fingerprint density at radius 2 is 2.04 bits per heavy atom. The van der Waals surface area contributed by atoms with E-state index in [0.717, 1.165) is 48.5 Å². The summed E-state index contributed by atoms with van der Waals surface area (Å²) in [5.41, 5.74) is 3.79. The summed E-state index contributed by atoms with van der Waals surface area (Å²) >= 11 is 2.66. The van der Waals surface area contributed by atoms with Gasteiger partial charge in [0.2, 0.25) is 0 Å². The van der Waals surface area contributed by atoms with Crippen LogP contribution in [0.1, 0.15) is 39.2 Å². The number of nitriles is 1. The molecular weight excluding hydrogens is 328 g/mol. The van der Waals surface area contributed by atoms with Crippen molar-refractivity contribution >= 4 is 45.0 Å². The van der Waals surface area contributed by atoms with Crippen LogP contribution in [-0.2, 0) is 12.8 Å². The van der Waals surface area contributed by atoms with E-state index in [1.807, 2.05) is 0 Å². The van der Waals surface area contributed by atoms with Gasteiger partial charge in [0.1, 0.15) is 22.1 Å². The van der Waals surface area contributed by atoms with E-state index < -0.39 is 0 Å². The summed E-state index contributed by atoms with van der Waals surface area (Å²) in [7, 11) is 0. The molecule has 23 heavy (non-hydrogen) atoms. The number of nitrogens with one attached hydrogen (secondary N) is 1. The van der Waals surface area contributed by atoms with Gasteiger partial charge in [0.05, 0.1) is 17.3 Å². The van der Waals surface area contributed by atoms with E-state index >= 15 is 0 Å². The molecule has 4 rings (SSSR count). The second-order valence-corrected chi connectivity index (χ2v) is 7.08. The molecular formula is C16H12N4OS2. The van der Waals surface area contributed by atoms with Gasteiger partial charge in [-0.1, -0.05) is 0 Å². The summed E-state index contributed by atoms with van der Waals surface area (Å²) in [6.45, 7) is 0. The molecule has 0 spiro atoms. The number of rotatable bonds is 2. The average molecular weight is 340 g/mol. The molecule has 0 aliphatic heterocycles. The Hall–Kier alpha value is -2.30. The first-order valence-electron chi connectivity index (χ1n) is 7.34. The van der Waals surface area contributed by atoms with E-state index in [4.69, 9.17) is 0 Å². The predicted octanol–water partition coefficient (Wildman–Crippen LogP) is 3.76. The molecule has 0 unspecified atom stereocenters. The van der Waals surface area contributed by atoms with E-state index in [-0.39, 0.29) is 5.91 Å². The fourth-order valence-electron chi connectivity index (χ4n) is 2.87. The number of benzene rings is 1. The van der Waals surface area contributed by atoms with Gasteiger partial charge in [-0.05, 0) is 49.4 Å². The highest BCUT2D eigenvalue weighted by Gasteiger charge is 2.22. The lowest BCUT2D eigenvalue weighted by atomic mass is 9.96. The number of carbonyl (C=O) groups excluding carboxylic acids is 1. The summed E-state index contributed by atoms with van der Waals surface area (Å²) in [5.74, 6) is -0.213. The van der Waals surface area contributed by atoms with Crippen molar-refractivity contribution in [3.63, 3.8) is 0 Å². The summed E-state index contributed by atoms with van der Waals surface area (Å²) in [6.07, 6.45) is 4.20. The number of aromatic nitrogens is 2. The van der Waals surface area contributed by atoms with E-state index in [9.17, 15) is 10.1 Å². The highest BCUT2D eigenvalue weighted by molar-refractivity contribution is 7.16. The van der Waals surface area contributed by atoms with Crippen LogP contribution in [0.5, 0.6) is 0 Å². The van der Waals surface area contributed by atoms with Crippen molar-refractivity contribution in [3.05, 3.63) is 39.8 Å². The molecule has 5 nitrogen and oxygen atoms in total. The standard InChI is InChI=1S/C16H12N4OS2/c17-8-11-10-3-1-2-4-14(10)22-16(11)18-15(21)9-5-6-12-13(7-9)20-23-19-12/h5-7H,1-4H2,(H,18,21). The van der Waals surface area contributed by atoms with Crippen LogP contribution in [0.4, 0.5) is 5.00 Å². The van der Waals surface area contributed by atoms with Crippen LogP contribution in [0.15, 0.2) is 18.2 Å². The molecule has 1 N–H and O–H groups in total. The van der Waals surface area contributed by atoms with Crippen LogP contribution in [0.2, 0.25) is 0 Å². The van der Waals surface area contributed by atoms with E-state index in [0.29, 0.717) is 21.6 Å². The first-order valence-corrected chi connectivity index (χ1v) is 8.89. The molecule has 1 aliphatic carbocycles. The number of fused-ring (bicyclic) bond motifs is 2. The smallest absolute Gasteiger partial charge is 0.256 e. The summed E-state index contributed by atoms with van der Waals surface area (Å²) in [6, 6.07) is 7.52. The third-order valence-corrected chi connectivity index (χ3v) is 5.79. The van der Waals surface area contributed by atoms with Crippen molar-refractivity contribution in [1.82, 2.24) is 8.75 Å². The number of thiophene rings is 1. The molecule has 7 heteroatoms. The van der Waals surface area contributed by atoms with Crippen molar-refractivity contribution in [1.29, 1.82) is 5.26 Å². The lowest BCUT2D eigenvalue weighted by Gasteiger charge is -2.09. The first-order chi connectivity index (χ1) is 11.3. The van der Waals surface area contributed by atoms with Gasteiger partial charge in [-0.15, -0.1) is 11.3 Å². The number of amides is 1. The summed E-state index contributed by atoms with van der Waals surface area (Å²) in [4.78, 5) is 13.7. The van der Waals surface area contributed by atoms with Crippen LogP contribution in [0.25, 0.3) is 11.0 Å². The van der Waals surface area contributed by atoms with Crippen molar-refractivity contribution in [3.8, 4) is 6.07 Å². The number of hydrogen-bond acceptors (Lipinski definition) is 6. The molecule has 0 saturated heterocycles. The van der Waals surface area contributed by atoms with Gasteiger partial charge in [-0.2, -0.15) is 14.0 Å². The molecule has 0 saturated carbocycles. The van der Waals surface area contributed by atoms with Crippen LogP contribution >= 0.6 is 23.1 Å². The normalized spacial score (nSPS) is 13.5. The van der Waals surface area contributed by atoms with Crippen LogP contribution in [-0.4, -0.2) is 14.7 Å². The van der Waals surface area contributed by atoms with Gasteiger partial charge in [-0.25, -0.2) is 0 Å². The Bertz CT molecular complexity index is 951. The molecule has 0 bridgehead atoms. The fourth-order valence-corrected chi connectivity index (χ4v) is 4.62. The maximum absolute atomic E-state index is 12.5. The summed E-state index contributed by atoms with van der Waals surface area (Å²) in [5, 5.41) is 13.0. The van der Waals surface area contributed by atoms with E-state index in [2.05, 4.69) is 20.1 Å². The van der Waals surface area contributed by atoms with Crippen LogP contribution in [0, 0.1) is 11.3 Å². The molecule has 114 valence electrons. The Kier molecular flexibility index (Phi) is 3.56. The van der Waals surface area contributed by atoms with Gasteiger partial charge < -0.3 is 5.32 Å². The average Bonchev–Trinajstić information content (AvgIpc) is 3.17. The fraction of sp³-hybridized carbons (Fsp3) is 0.250. The zero-order chi connectivity index (χ0) is 15.8. The van der Waals surface area contributed by atoms with Crippen molar-refractivity contribution < 1.29 is 4.79 Å². The minimum atomic E-state index is -0.213. The third-order valence-electron chi connectivity index (χ3n) is 4.03. The zero-order valence-electron chi connectivity index (χ0n) is 12.1. The lowest BCUT2D eigenvalue weighted by Crippen LogP contribution is -2.11. The van der Waals surface area contributed by atoms with Gasteiger partial charge in [0.15, 0.2) is 0 Å². The molecule has 1 aromatic carbocycles. The number of anilines is 1. The highest BCUT2D eigenvalue weighted by Crippen LogP contribution is 2.37. The number of aryl methyl sites for hydroxylation is 1. The SMILES string of the molecule is N#Cc1c(NC(=O)c2ccc3nsnc3c2)sc2c1CCCC2. The number of carbonyl (C=O) groups is 1. The Labute approximate surface area is 140 Å². The first kappa shape index (κ1) is 14.3. The van der Waals surface area contributed by atoms with Crippen LogP contribution < -0.4 is 5.32 Å². The van der Waals surface area contributed by atoms with Crippen molar-refractivity contribution in [2.75, 3.05) is 5.32 Å². The Balaban J connectivity index is 1.66. The van der Waals surface area contributed by atoms with Crippen LogP contribution in [0.3, 0.4) is 0 Å². The van der Waals surface area contributed by atoms with Crippen molar-refractivity contribution in [2.45, 2.75) is 25.7 Å². The highest BCUT2D eigenvalue weighted by atomic mass is 32.1. The van der Waals surface area contributed by atoms with E-state index in [1.165, 1.54) is 16.2 Å².